The minimum Gasteiger partial charge on any atom is -0.853 e. The van der Waals surface area contributed by atoms with Crippen LogP contribution in [0.1, 0.15) is 19.4 Å². The van der Waals surface area contributed by atoms with Crippen LogP contribution in [0.25, 0.3) is 0 Å². The molecular formula is C14H19NaO4. The summed E-state index contributed by atoms with van der Waals surface area (Å²) >= 11 is 0. The van der Waals surface area contributed by atoms with Crippen molar-refractivity contribution >= 4 is 0 Å². The van der Waals surface area contributed by atoms with Crippen LogP contribution in [0.3, 0.4) is 0 Å². The van der Waals surface area contributed by atoms with E-state index in [1.165, 1.54) is 0 Å². The van der Waals surface area contributed by atoms with Crippen LogP contribution in [-0.2, 0) is 20.8 Å². The van der Waals surface area contributed by atoms with Crippen LogP contribution in [0, 0.1) is 0 Å². The normalized spacial score (nSPS) is 25.0. The fourth-order valence-corrected chi connectivity index (χ4v) is 2.06. The average Bonchev–Trinajstić information content (AvgIpc) is 2.65. The quantitative estimate of drug-likeness (QED) is 0.588. The molecule has 0 bridgehead atoms. The number of hydrogen-bond donors (Lipinski definition) is 0. The molecule has 0 aliphatic carbocycles. The molecule has 2 unspecified atom stereocenters. The third-order valence-corrected chi connectivity index (χ3v) is 2.84. The van der Waals surface area contributed by atoms with E-state index in [0.29, 0.717) is 13.2 Å². The van der Waals surface area contributed by atoms with Crippen LogP contribution >= 0.6 is 0 Å². The maximum atomic E-state index is 11.0. The first kappa shape index (κ1) is 17.1. The number of benzene rings is 1. The number of hydrogen-bond acceptors (Lipinski definition) is 4. The van der Waals surface area contributed by atoms with E-state index in [1.54, 1.807) is 0 Å². The second-order valence-electron chi connectivity index (χ2n) is 4.88. The van der Waals surface area contributed by atoms with E-state index in [-0.39, 0.29) is 42.3 Å². The van der Waals surface area contributed by atoms with Crippen LogP contribution < -0.4 is 34.7 Å². The van der Waals surface area contributed by atoms with Gasteiger partial charge in [0.1, 0.15) is 6.10 Å². The van der Waals surface area contributed by atoms with Crippen molar-refractivity contribution in [2.75, 3.05) is 13.2 Å². The summed E-state index contributed by atoms with van der Waals surface area (Å²) in [5.41, 5.74) is 1.11. The predicted molar refractivity (Wildman–Crippen MR) is 64.8 cm³/mol. The van der Waals surface area contributed by atoms with E-state index in [1.807, 2.05) is 44.2 Å². The third-order valence-electron chi connectivity index (χ3n) is 2.84. The fraction of sp³-hybridized carbons (Fsp3) is 0.571. The zero-order valence-electron chi connectivity index (χ0n) is 11.8. The van der Waals surface area contributed by atoms with Gasteiger partial charge in [-0.05, 0) is 19.4 Å². The maximum absolute atomic E-state index is 11.0. The van der Waals surface area contributed by atoms with E-state index in [9.17, 15) is 5.11 Å². The molecule has 1 heterocycles. The molecule has 1 fully saturated rings. The summed E-state index contributed by atoms with van der Waals surface area (Å²) in [4.78, 5) is 0. The Balaban J connectivity index is 0.00000180. The molecule has 2 rings (SSSR count). The Labute approximate surface area is 136 Å². The molecule has 4 nitrogen and oxygen atoms in total. The van der Waals surface area contributed by atoms with Crippen LogP contribution in [-0.4, -0.2) is 31.2 Å². The van der Waals surface area contributed by atoms with Crippen molar-refractivity contribution < 1.29 is 48.9 Å². The molecule has 0 aromatic heterocycles. The Kier molecular flexibility index (Phi) is 6.97. The standard InChI is InChI=1S/C14H19O4.Na/c1-14(2)17-12(8-15)13(18-14)10-16-9-11-6-4-3-5-7-11;/h3-7,12-13H,8-10H2,1-2H3;/q-1;+1. The zero-order valence-corrected chi connectivity index (χ0v) is 13.8. The molecule has 1 aromatic rings. The van der Waals surface area contributed by atoms with Crippen molar-refractivity contribution in [3.8, 4) is 0 Å². The summed E-state index contributed by atoms with van der Waals surface area (Å²) in [6.45, 7) is 4.22. The molecule has 0 radical (unpaired) electrons. The van der Waals surface area contributed by atoms with Crippen molar-refractivity contribution in [3.05, 3.63) is 35.9 Å². The minimum absolute atomic E-state index is 0. The van der Waals surface area contributed by atoms with E-state index >= 15 is 0 Å². The van der Waals surface area contributed by atoms with E-state index < -0.39 is 11.9 Å². The summed E-state index contributed by atoms with van der Waals surface area (Å²) in [5, 5.41) is 11.0. The first-order chi connectivity index (χ1) is 8.61. The molecular weight excluding hydrogens is 255 g/mol. The van der Waals surface area contributed by atoms with Crippen molar-refractivity contribution in [2.24, 2.45) is 0 Å². The summed E-state index contributed by atoms with van der Waals surface area (Å²) in [7, 11) is 0. The van der Waals surface area contributed by atoms with Gasteiger partial charge < -0.3 is 19.3 Å². The van der Waals surface area contributed by atoms with Gasteiger partial charge in [-0.3, -0.25) is 0 Å². The van der Waals surface area contributed by atoms with Gasteiger partial charge in [0, 0.05) is 0 Å². The molecule has 1 aliphatic heterocycles. The van der Waals surface area contributed by atoms with Gasteiger partial charge >= 0.3 is 29.6 Å². The van der Waals surface area contributed by atoms with Gasteiger partial charge in [0.25, 0.3) is 0 Å². The van der Waals surface area contributed by atoms with Crippen molar-refractivity contribution in [1.29, 1.82) is 0 Å². The predicted octanol–water partition coefficient (Wildman–Crippen LogP) is -1.91. The SMILES string of the molecule is CC1(C)OC(C[O-])C(COCc2ccccc2)O1.[Na+]. The van der Waals surface area contributed by atoms with Gasteiger partial charge in [0.15, 0.2) is 5.79 Å². The first-order valence-electron chi connectivity index (χ1n) is 6.16. The van der Waals surface area contributed by atoms with Gasteiger partial charge in [-0.25, -0.2) is 0 Å². The summed E-state index contributed by atoms with van der Waals surface area (Å²) in [6.07, 6.45) is -0.697. The molecule has 0 N–H and O–H groups in total. The van der Waals surface area contributed by atoms with Crippen LogP contribution in [0.15, 0.2) is 30.3 Å². The van der Waals surface area contributed by atoms with E-state index in [4.69, 9.17) is 14.2 Å². The largest absolute Gasteiger partial charge is 1.00 e. The third kappa shape index (κ3) is 5.16. The monoisotopic (exact) mass is 274 g/mol. The Hall–Kier alpha value is 0.0600. The summed E-state index contributed by atoms with van der Waals surface area (Å²) in [5.74, 6) is -0.685. The van der Waals surface area contributed by atoms with Crippen LogP contribution in [0.5, 0.6) is 0 Å². The second kappa shape index (κ2) is 7.74. The first-order valence-corrected chi connectivity index (χ1v) is 6.16. The van der Waals surface area contributed by atoms with Gasteiger partial charge in [-0.1, -0.05) is 30.3 Å². The fourth-order valence-electron chi connectivity index (χ4n) is 2.06. The Morgan fingerprint density at radius 1 is 1.16 bits per heavy atom. The van der Waals surface area contributed by atoms with Crippen molar-refractivity contribution in [2.45, 2.75) is 38.4 Å². The Morgan fingerprint density at radius 3 is 2.42 bits per heavy atom. The van der Waals surface area contributed by atoms with E-state index in [0.717, 1.165) is 5.56 Å². The molecule has 5 heteroatoms. The summed E-state index contributed by atoms with van der Waals surface area (Å²) < 4.78 is 16.7. The molecule has 100 valence electrons. The molecule has 2 atom stereocenters. The molecule has 0 spiro atoms. The topological polar surface area (TPSA) is 50.8 Å². The molecule has 1 aliphatic rings. The van der Waals surface area contributed by atoms with Crippen molar-refractivity contribution in [1.82, 2.24) is 0 Å². The number of rotatable bonds is 5. The Morgan fingerprint density at radius 2 is 1.79 bits per heavy atom. The van der Waals surface area contributed by atoms with Gasteiger partial charge in [0.05, 0.1) is 19.3 Å². The average molecular weight is 274 g/mol. The molecule has 0 amide bonds. The number of ether oxygens (including phenoxy) is 3. The molecule has 19 heavy (non-hydrogen) atoms. The van der Waals surface area contributed by atoms with E-state index in [2.05, 4.69) is 0 Å². The van der Waals surface area contributed by atoms with Gasteiger partial charge in [0.2, 0.25) is 0 Å². The Bertz CT molecular complexity index is 369. The second-order valence-corrected chi connectivity index (χ2v) is 4.88. The summed E-state index contributed by atoms with van der Waals surface area (Å²) in [6, 6.07) is 9.91. The smallest absolute Gasteiger partial charge is 0.853 e. The van der Waals surface area contributed by atoms with Gasteiger partial charge in [-0.2, -0.15) is 0 Å². The maximum Gasteiger partial charge on any atom is 1.00 e. The van der Waals surface area contributed by atoms with Crippen LogP contribution in [0.2, 0.25) is 0 Å². The van der Waals surface area contributed by atoms with Crippen LogP contribution in [0.4, 0.5) is 0 Å². The molecule has 1 aromatic carbocycles. The van der Waals surface area contributed by atoms with Crippen molar-refractivity contribution in [3.63, 3.8) is 0 Å². The van der Waals surface area contributed by atoms with Gasteiger partial charge in [-0.15, -0.1) is 6.61 Å². The molecule has 0 saturated carbocycles. The minimum atomic E-state index is -0.685. The molecule has 1 saturated heterocycles. The zero-order chi connectivity index (χ0) is 13.0.